The number of nitrogens with zero attached hydrogens (tertiary/aromatic N) is 1. The number of likely N-dealkylation sites (N-methyl/N-ethyl adjacent to an activating group) is 1. The summed E-state index contributed by atoms with van der Waals surface area (Å²) in [4.78, 5) is 15.5. The second-order valence-electron chi connectivity index (χ2n) is 9.01. The van der Waals surface area contributed by atoms with Crippen LogP contribution in [0.25, 0.3) is 0 Å². The first-order valence-corrected chi connectivity index (χ1v) is 11.0. The van der Waals surface area contributed by atoms with E-state index in [4.69, 9.17) is 4.74 Å². The molecule has 1 aliphatic rings. The minimum absolute atomic E-state index is 0.0277. The van der Waals surface area contributed by atoms with Gasteiger partial charge in [-0.05, 0) is 69.4 Å². The summed E-state index contributed by atoms with van der Waals surface area (Å²) in [6.07, 6.45) is 4.25. The number of unbranched alkanes of at least 4 members (excludes halogenated alkanes) is 1. The number of hydrogen-bond donors (Lipinski definition) is 0. The molecule has 0 unspecified atom stereocenters. The van der Waals surface area contributed by atoms with Crippen molar-refractivity contribution in [2.24, 2.45) is 0 Å². The molecule has 2 aromatic carbocycles. The van der Waals surface area contributed by atoms with E-state index in [0.717, 1.165) is 18.4 Å². The van der Waals surface area contributed by atoms with E-state index in [-0.39, 0.29) is 23.7 Å². The standard InChI is InChI=1S/C26H35NO2/c1-6-8-11-19-14-16-20(17-15-19)25(28)27(7-2)24-22-13-10-9-12-21(22)18-23(24)29-26(3,4)5/h9-10,12-17,23-24H,6-8,11,18H2,1-5H3/t23-,24+/m0/s1. The van der Waals surface area contributed by atoms with E-state index in [1.54, 1.807) is 0 Å². The molecule has 3 heteroatoms. The van der Waals surface area contributed by atoms with Gasteiger partial charge >= 0.3 is 0 Å². The Morgan fingerprint density at radius 3 is 2.38 bits per heavy atom. The van der Waals surface area contributed by atoms with Crippen LogP contribution in [0.5, 0.6) is 0 Å². The van der Waals surface area contributed by atoms with Gasteiger partial charge in [-0.1, -0.05) is 49.7 Å². The first kappa shape index (κ1) is 21.6. The number of carbonyl (C=O) groups excluding carboxylic acids is 1. The van der Waals surface area contributed by atoms with Crippen molar-refractivity contribution in [2.45, 2.75) is 78.0 Å². The van der Waals surface area contributed by atoms with Gasteiger partial charge in [0.2, 0.25) is 0 Å². The van der Waals surface area contributed by atoms with Crippen LogP contribution >= 0.6 is 0 Å². The summed E-state index contributed by atoms with van der Waals surface area (Å²) in [6.45, 7) is 11.2. The molecule has 0 spiro atoms. The van der Waals surface area contributed by atoms with Crippen LogP contribution in [0.2, 0.25) is 0 Å². The van der Waals surface area contributed by atoms with Gasteiger partial charge in [-0.25, -0.2) is 0 Å². The molecular formula is C26H35NO2. The van der Waals surface area contributed by atoms with Gasteiger partial charge in [0.15, 0.2) is 0 Å². The van der Waals surface area contributed by atoms with Crippen LogP contribution in [0.15, 0.2) is 48.5 Å². The quantitative estimate of drug-likeness (QED) is 0.580. The maximum absolute atomic E-state index is 13.5. The molecule has 0 N–H and O–H groups in total. The number of benzene rings is 2. The molecule has 0 heterocycles. The number of rotatable bonds is 7. The smallest absolute Gasteiger partial charge is 0.254 e. The number of aryl methyl sites for hydroxylation is 1. The Kier molecular flexibility index (Phi) is 6.79. The van der Waals surface area contributed by atoms with Gasteiger partial charge < -0.3 is 9.64 Å². The average Bonchev–Trinajstić information content (AvgIpc) is 3.03. The van der Waals surface area contributed by atoms with Crippen LogP contribution in [0.4, 0.5) is 0 Å². The molecule has 1 aliphatic carbocycles. The van der Waals surface area contributed by atoms with Crippen LogP contribution in [0.1, 0.15) is 80.6 Å². The predicted molar refractivity (Wildman–Crippen MR) is 119 cm³/mol. The zero-order valence-electron chi connectivity index (χ0n) is 18.6. The van der Waals surface area contributed by atoms with E-state index >= 15 is 0 Å². The Hall–Kier alpha value is -2.13. The minimum atomic E-state index is -0.256. The van der Waals surface area contributed by atoms with Crippen molar-refractivity contribution < 1.29 is 9.53 Å². The van der Waals surface area contributed by atoms with Gasteiger partial charge in [-0.3, -0.25) is 4.79 Å². The van der Waals surface area contributed by atoms with Crippen LogP contribution in [-0.4, -0.2) is 29.1 Å². The Morgan fingerprint density at radius 2 is 1.76 bits per heavy atom. The normalized spacial score (nSPS) is 18.5. The summed E-state index contributed by atoms with van der Waals surface area (Å²) in [5.41, 5.74) is 4.30. The average molecular weight is 394 g/mol. The van der Waals surface area contributed by atoms with Crippen molar-refractivity contribution in [3.63, 3.8) is 0 Å². The van der Waals surface area contributed by atoms with E-state index in [1.165, 1.54) is 29.5 Å². The van der Waals surface area contributed by atoms with E-state index in [9.17, 15) is 4.79 Å². The molecular weight excluding hydrogens is 358 g/mol. The zero-order valence-corrected chi connectivity index (χ0v) is 18.6. The maximum atomic E-state index is 13.5. The molecule has 1 amide bonds. The summed E-state index contributed by atoms with van der Waals surface area (Å²) >= 11 is 0. The number of fused-ring (bicyclic) bond motifs is 1. The number of carbonyl (C=O) groups is 1. The lowest BCUT2D eigenvalue weighted by Gasteiger charge is -2.36. The highest BCUT2D eigenvalue weighted by molar-refractivity contribution is 5.94. The Labute approximate surface area is 176 Å². The monoisotopic (exact) mass is 393 g/mol. The van der Waals surface area contributed by atoms with Crippen molar-refractivity contribution >= 4 is 5.91 Å². The Balaban J connectivity index is 1.88. The molecule has 2 atom stereocenters. The summed E-state index contributed by atoms with van der Waals surface area (Å²) in [5.74, 6) is 0.0822. The van der Waals surface area contributed by atoms with E-state index < -0.39 is 0 Å². The molecule has 3 rings (SSSR count). The SMILES string of the molecule is CCCCc1ccc(C(=O)N(CC)[C@@H]2c3ccccc3C[C@@H]2OC(C)(C)C)cc1. The molecule has 156 valence electrons. The highest BCUT2D eigenvalue weighted by Crippen LogP contribution is 2.40. The predicted octanol–water partition coefficient (Wildman–Crippen LogP) is 5.97. The molecule has 2 aromatic rings. The molecule has 0 saturated heterocycles. The summed E-state index contributed by atoms with van der Waals surface area (Å²) in [5, 5.41) is 0. The molecule has 0 aliphatic heterocycles. The third kappa shape index (κ3) is 5.08. The minimum Gasteiger partial charge on any atom is -0.370 e. The van der Waals surface area contributed by atoms with Gasteiger partial charge in [0, 0.05) is 18.5 Å². The van der Waals surface area contributed by atoms with Gasteiger partial charge in [0.25, 0.3) is 5.91 Å². The third-order valence-corrected chi connectivity index (χ3v) is 5.61. The Morgan fingerprint density at radius 1 is 1.07 bits per heavy atom. The molecule has 0 saturated carbocycles. The largest absolute Gasteiger partial charge is 0.370 e. The summed E-state index contributed by atoms with van der Waals surface area (Å²) in [7, 11) is 0. The second kappa shape index (κ2) is 9.13. The maximum Gasteiger partial charge on any atom is 0.254 e. The van der Waals surface area contributed by atoms with Crippen LogP contribution in [-0.2, 0) is 17.6 Å². The highest BCUT2D eigenvalue weighted by Gasteiger charge is 2.40. The van der Waals surface area contributed by atoms with Gasteiger partial charge in [-0.15, -0.1) is 0 Å². The molecule has 0 fully saturated rings. The molecule has 0 aromatic heterocycles. The highest BCUT2D eigenvalue weighted by atomic mass is 16.5. The molecule has 0 radical (unpaired) electrons. The van der Waals surface area contributed by atoms with Crippen molar-refractivity contribution in [3.05, 3.63) is 70.8 Å². The lowest BCUT2D eigenvalue weighted by molar-refractivity contribution is -0.0850. The van der Waals surface area contributed by atoms with Gasteiger partial charge in [0.05, 0.1) is 17.7 Å². The fraction of sp³-hybridized carbons (Fsp3) is 0.500. The second-order valence-corrected chi connectivity index (χ2v) is 9.01. The van der Waals surface area contributed by atoms with Crippen LogP contribution in [0.3, 0.4) is 0 Å². The summed E-state index contributed by atoms with van der Waals surface area (Å²) < 4.78 is 6.43. The van der Waals surface area contributed by atoms with Crippen molar-refractivity contribution in [1.82, 2.24) is 4.90 Å². The summed E-state index contributed by atoms with van der Waals surface area (Å²) in [6, 6.07) is 16.6. The van der Waals surface area contributed by atoms with Crippen molar-refractivity contribution in [3.8, 4) is 0 Å². The van der Waals surface area contributed by atoms with Gasteiger partial charge in [0.1, 0.15) is 0 Å². The number of ether oxygens (including phenoxy) is 1. The number of amides is 1. The van der Waals surface area contributed by atoms with Crippen LogP contribution < -0.4 is 0 Å². The topological polar surface area (TPSA) is 29.5 Å². The lowest BCUT2D eigenvalue weighted by Crippen LogP contribution is -2.42. The molecule has 3 nitrogen and oxygen atoms in total. The molecule has 29 heavy (non-hydrogen) atoms. The zero-order chi connectivity index (χ0) is 21.0. The Bertz CT molecular complexity index is 819. The van der Waals surface area contributed by atoms with Crippen LogP contribution in [0, 0.1) is 0 Å². The fourth-order valence-electron chi connectivity index (χ4n) is 4.29. The third-order valence-electron chi connectivity index (χ3n) is 5.61. The first-order chi connectivity index (χ1) is 13.8. The van der Waals surface area contributed by atoms with Crippen molar-refractivity contribution in [1.29, 1.82) is 0 Å². The van der Waals surface area contributed by atoms with E-state index in [0.29, 0.717) is 6.54 Å². The lowest BCUT2D eigenvalue weighted by atomic mass is 10.0. The van der Waals surface area contributed by atoms with Crippen molar-refractivity contribution in [2.75, 3.05) is 6.54 Å². The number of hydrogen-bond acceptors (Lipinski definition) is 2. The van der Waals surface area contributed by atoms with Gasteiger partial charge in [-0.2, -0.15) is 0 Å². The van der Waals surface area contributed by atoms with E-state index in [1.807, 2.05) is 17.0 Å². The fourth-order valence-corrected chi connectivity index (χ4v) is 4.29. The first-order valence-electron chi connectivity index (χ1n) is 11.0. The molecule has 0 bridgehead atoms. The van der Waals surface area contributed by atoms with E-state index in [2.05, 4.69) is 71.0 Å².